The summed E-state index contributed by atoms with van der Waals surface area (Å²) in [7, 11) is 3.67. The van der Waals surface area contributed by atoms with Gasteiger partial charge in [0.15, 0.2) is 0 Å². The van der Waals surface area contributed by atoms with Gasteiger partial charge in [-0.3, -0.25) is 0 Å². The van der Waals surface area contributed by atoms with E-state index >= 15 is 0 Å². The van der Waals surface area contributed by atoms with Gasteiger partial charge < -0.3 is 9.47 Å². The fourth-order valence-electron chi connectivity index (χ4n) is 4.24. The van der Waals surface area contributed by atoms with Gasteiger partial charge in [0.2, 0.25) is 0 Å². The molecule has 2 atom stereocenters. The minimum atomic E-state index is 0.326. The summed E-state index contributed by atoms with van der Waals surface area (Å²) in [5.74, 6) is 1.81. The van der Waals surface area contributed by atoms with Gasteiger partial charge in [0.05, 0.1) is 13.2 Å². The summed E-state index contributed by atoms with van der Waals surface area (Å²) in [6.45, 7) is 1.78. The smallest absolute Gasteiger partial charge is 0.0543 e. The highest BCUT2D eigenvalue weighted by Crippen LogP contribution is 2.51. The second-order valence-corrected chi connectivity index (χ2v) is 5.77. The molecule has 2 aliphatic rings. The predicted molar refractivity (Wildman–Crippen MR) is 65.5 cm³/mol. The van der Waals surface area contributed by atoms with Crippen molar-refractivity contribution in [3.05, 3.63) is 0 Å². The van der Waals surface area contributed by atoms with E-state index in [2.05, 4.69) is 0 Å². The summed E-state index contributed by atoms with van der Waals surface area (Å²) in [5, 5.41) is 0. The lowest BCUT2D eigenvalue weighted by atomic mass is 9.58. The van der Waals surface area contributed by atoms with Crippen LogP contribution in [0.2, 0.25) is 0 Å². The Morgan fingerprint density at radius 3 is 2.25 bits per heavy atom. The van der Waals surface area contributed by atoms with Crippen LogP contribution in [-0.2, 0) is 9.47 Å². The summed E-state index contributed by atoms with van der Waals surface area (Å²) in [5.41, 5.74) is 0.326. The SMILES string of the molecule is COCC1(COC)CCCC2CCCCC21. The molecule has 2 fully saturated rings. The van der Waals surface area contributed by atoms with E-state index in [1.807, 2.05) is 14.2 Å². The highest BCUT2D eigenvalue weighted by Gasteiger charge is 2.46. The highest BCUT2D eigenvalue weighted by molar-refractivity contribution is 4.95. The number of fused-ring (bicyclic) bond motifs is 1. The molecule has 2 nitrogen and oxygen atoms in total. The Hall–Kier alpha value is -0.0800. The lowest BCUT2D eigenvalue weighted by Crippen LogP contribution is -2.46. The summed E-state index contributed by atoms with van der Waals surface area (Å²) in [6.07, 6.45) is 9.81. The molecule has 0 saturated heterocycles. The number of hydrogen-bond donors (Lipinski definition) is 0. The second kappa shape index (κ2) is 5.50. The first-order valence-corrected chi connectivity index (χ1v) is 6.80. The largest absolute Gasteiger partial charge is 0.384 e. The standard InChI is InChI=1S/C14H26O2/c1-15-10-14(11-16-2)9-5-7-12-6-3-4-8-13(12)14/h12-13H,3-11H2,1-2H3. The van der Waals surface area contributed by atoms with Crippen molar-refractivity contribution < 1.29 is 9.47 Å². The number of rotatable bonds is 4. The number of methoxy groups -OCH3 is 2. The molecule has 0 spiro atoms. The topological polar surface area (TPSA) is 18.5 Å². The van der Waals surface area contributed by atoms with Crippen molar-refractivity contribution in [2.24, 2.45) is 17.3 Å². The molecule has 16 heavy (non-hydrogen) atoms. The molecule has 0 heterocycles. The van der Waals surface area contributed by atoms with Gasteiger partial charge in [-0.15, -0.1) is 0 Å². The fourth-order valence-corrected chi connectivity index (χ4v) is 4.24. The molecule has 0 aromatic rings. The summed E-state index contributed by atoms with van der Waals surface area (Å²) in [4.78, 5) is 0. The van der Waals surface area contributed by atoms with Gasteiger partial charge in [0, 0.05) is 19.6 Å². The van der Waals surface area contributed by atoms with Gasteiger partial charge in [0.1, 0.15) is 0 Å². The Morgan fingerprint density at radius 1 is 0.938 bits per heavy atom. The lowest BCUT2D eigenvalue weighted by molar-refractivity contribution is -0.0857. The van der Waals surface area contributed by atoms with E-state index in [1.165, 1.54) is 44.9 Å². The molecule has 0 aromatic heterocycles. The van der Waals surface area contributed by atoms with E-state index in [4.69, 9.17) is 9.47 Å². The van der Waals surface area contributed by atoms with Crippen LogP contribution < -0.4 is 0 Å². The van der Waals surface area contributed by atoms with E-state index in [-0.39, 0.29) is 0 Å². The molecule has 0 bridgehead atoms. The zero-order valence-corrected chi connectivity index (χ0v) is 10.8. The monoisotopic (exact) mass is 226 g/mol. The maximum Gasteiger partial charge on any atom is 0.0543 e. The Bertz CT molecular complexity index is 201. The Morgan fingerprint density at radius 2 is 1.56 bits per heavy atom. The van der Waals surface area contributed by atoms with Crippen molar-refractivity contribution in [2.75, 3.05) is 27.4 Å². The Labute approximate surface area is 99.7 Å². The molecule has 2 rings (SSSR count). The Kier molecular flexibility index (Phi) is 4.26. The first-order valence-electron chi connectivity index (χ1n) is 6.80. The lowest BCUT2D eigenvalue weighted by Gasteiger charge is -2.49. The van der Waals surface area contributed by atoms with Gasteiger partial charge >= 0.3 is 0 Å². The van der Waals surface area contributed by atoms with Crippen LogP contribution in [-0.4, -0.2) is 27.4 Å². The van der Waals surface area contributed by atoms with Crippen molar-refractivity contribution in [3.63, 3.8) is 0 Å². The number of ether oxygens (including phenoxy) is 2. The molecule has 0 aliphatic heterocycles. The van der Waals surface area contributed by atoms with E-state index in [1.54, 1.807) is 0 Å². The number of hydrogen-bond acceptors (Lipinski definition) is 2. The van der Waals surface area contributed by atoms with Crippen molar-refractivity contribution in [2.45, 2.75) is 44.9 Å². The average molecular weight is 226 g/mol. The minimum absolute atomic E-state index is 0.326. The Balaban J connectivity index is 2.13. The van der Waals surface area contributed by atoms with Crippen LogP contribution in [0.5, 0.6) is 0 Å². The summed E-state index contributed by atoms with van der Waals surface area (Å²) >= 11 is 0. The third-order valence-corrected chi connectivity index (χ3v) is 4.81. The molecular weight excluding hydrogens is 200 g/mol. The average Bonchev–Trinajstić information content (AvgIpc) is 2.30. The molecule has 0 aromatic carbocycles. The molecule has 2 aliphatic carbocycles. The van der Waals surface area contributed by atoms with Gasteiger partial charge in [-0.05, 0) is 24.7 Å². The highest BCUT2D eigenvalue weighted by atomic mass is 16.5. The van der Waals surface area contributed by atoms with Crippen molar-refractivity contribution in [3.8, 4) is 0 Å². The predicted octanol–water partition coefficient (Wildman–Crippen LogP) is 3.26. The van der Waals surface area contributed by atoms with Gasteiger partial charge in [-0.1, -0.05) is 32.1 Å². The maximum atomic E-state index is 5.51. The van der Waals surface area contributed by atoms with E-state index in [0.29, 0.717) is 5.41 Å². The van der Waals surface area contributed by atoms with Crippen LogP contribution >= 0.6 is 0 Å². The normalized spacial score (nSPS) is 33.4. The van der Waals surface area contributed by atoms with E-state index < -0.39 is 0 Å². The van der Waals surface area contributed by atoms with Crippen LogP contribution in [0.25, 0.3) is 0 Å². The second-order valence-electron chi connectivity index (χ2n) is 5.77. The van der Waals surface area contributed by atoms with Gasteiger partial charge in [-0.25, -0.2) is 0 Å². The molecule has 94 valence electrons. The molecule has 0 N–H and O–H groups in total. The summed E-state index contributed by atoms with van der Waals surface area (Å²) in [6, 6.07) is 0. The first kappa shape index (κ1) is 12.4. The zero-order chi connectivity index (χ0) is 11.4. The van der Waals surface area contributed by atoms with Crippen LogP contribution in [0.3, 0.4) is 0 Å². The minimum Gasteiger partial charge on any atom is -0.384 e. The van der Waals surface area contributed by atoms with Crippen LogP contribution in [0.1, 0.15) is 44.9 Å². The van der Waals surface area contributed by atoms with Gasteiger partial charge in [-0.2, -0.15) is 0 Å². The van der Waals surface area contributed by atoms with E-state index in [9.17, 15) is 0 Å². The molecule has 2 heteroatoms. The zero-order valence-electron chi connectivity index (χ0n) is 10.8. The van der Waals surface area contributed by atoms with E-state index in [0.717, 1.165) is 25.0 Å². The molecule has 2 saturated carbocycles. The fraction of sp³-hybridized carbons (Fsp3) is 1.00. The van der Waals surface area contributed by atoms with Gasteiger partial charge in [0.25, 0.3) is 0 Å². The van der Waals surface area contributed by atoms with Crippen molar-refractivity contribution in [1.82, 2.24) is 0 Å². The third-order valence-electron chi connectivity index (χ3n) is 4.81. The third kappa shape index (κ3) is 2.28. The maximum absolute atomic E-state index is 5.51. The molecule has 0 amide bonds. The molecule has 2 unspecified atom stereocenters. The van der Waals surface area contributed by atoms with Crippen molar-refractivity contribution >= 4 is 0 Å². The van der Waals surface area contributed by atoms with Crippen LogP contribution in [0.15, 0.2) is 0 Å². The first-order chi connectivity index (χ1) is 7.82. The van der Waals surface area contributed by atoms with Crippen LogP contribution in [0, 0.1) is 17.3 Å². The molecule has 0 radical (unpaired) electrons. The molecular formula is C14H26O2. The van der Waals surface area contributed by atoms with Crippen LogP contribution in [0.4, 0.5) is 0 Å². The summed E-state index contributed by atoms with van der Waals surface area (Å²) < 4.78 is 11.0. The quantitative estimate of drug-likeness (QED) is 0.732. The van der Waals surface area contributed by atoms with Crippen molar-refractivity contribution in [1.29, 1.82) is 0 Å².